The minimum atomic E-state index is -0.449. The Labute approximate surface area is 189 Å². The van der Waals surface area contributed by atoms with Gasteiger partial charge in [-0.05, 0) is 55.2 Å². The molecular weight excluding hydrogens is 431 g/mol. The number of carbonyl (C=O) groups is 2. The SMILES string of the molecule is COc1ccc(CCC(=O)N2CCC[C@H]2c2nnc(C(=O)Nc3cccc(F)c3)s2)cc1. The maximum absolute atomic E-state index is 13.3. The summed E-state index contributed by atoms with van der Waals surface area (Å²) in [6.07, 6.45) is 2.70. The van der Waals surface area contributed by atoms with Crippen molar-refractivity contribution in [2.45, 2.75) is 31.7 Å². The van der Waals surface area contributed by atoms with Crippen LogP contribution >= 0.6 is 11.3 Å². The van der Waals surface area contributed by atoms with Crippen LogP contribution in [0.1, 0.15) is 45.7 Å². The molecule has 2 amide bonds. The summed E-state index contributed by atoms with van der Waals surface area (Å²) in [4.78, 5) is 27.2. The number of nitrogens with zero attached hydrogens (tertiary/aromatic N) is 3. The van der Waals surface area contributed by atoms with E-state index in [1.54, 1.807) is 13.2 Å². The Morgan fingerprint density at radius 1 is 1.22 bits per heavy atom. The third-order valence-corrected chi connectivity index (χ3v) is 6.39. The van der Waals surface area contributed by atoms with Crippen molar-refractivity contribution in [1.29, 1.82) is 0 Å². The van der Waals surface area contributed by atoms with Gasteiger partial charge < -0.3 is 15.0 Å². The van der Waals surface area contributed by atoms with E-state index in [0.29, 0.717) is 30.1 Å². The zero-order chi connectivity index (χ0) is 22.5. The molecule has 0 spiro atoms. The highest BCUT2D eigenvalue weighted by molar-refractivity contribution is 7.13. The average Bonchev–Trinajstić information content (AvgIpc) is 3.47. The van der Waals surface area contributed by atoms with E-state index in [9.17, 15) is 14.0 Å². The highest BCUT2D eigenvalue weighted by Gasteiger charge is 2.32. The van der Waals surface area contributed by atoms with Crippen molar-refractivity contribution in [3.05, 3.63) is 69.9 Å². The molecule has 32 heavy (non-hydrogen) atoms. The first kappa shape index (κ1) is 21.9. The van der Waals surface area contributed by atoms with Crippen molar-refractivity contribution < 1.29 is 18.7 Å². The van der Waals surface area contributed by atoms with Crippen LogP contribution in [-0.2, 0) is 11.2 Å². The molecule has 0 saturated carbocycles. The van der Waals surface area contributed by atoms with Crippen LogP contribution in [0.5, 0.6) is 5.75 Å². The third-order valence-electron chi connectivity index (χ3n) is 5.36. The fourth-order valence-electron chi connectivity index (χ4n) is 3.72. The molecule has 1 aliphatic heterocycles. The molecule has 1 aromatic heterocycles. The van der Waals surface area contributed by atoms with E-state index < -0.39 is 11.7 Å². The smallest absolute Gasteiger partial charge is 0.286 e. The van der Waals surface area contributed by atoms with E-state index in [-0.39, 0.29) is 17.0 Å². The molecule has 1 saturated heterocycles. The number of benzene rings is 2. The van der Waals surface area contributed by atoms with Gasteiger partial charge >= 0.3 is 0 Å². The number of halogens is 1. The van der Waals surface area contributed by atoms with E-state index in [1.807, 2.05) is 29.2 Å². The van der Waals surface area contributed by atoms with Gasteiger partial charge in [0.25, 0.3) is 5.91 Å². The van der Waals surface area contributed by atoms with Crippen LogP contribution < -0.4 is 10.1 Å². The van der Waals surface area contributed by atoms with Crippen LogP contribution in [0, 0.1) is 5.82 Å². The Morgan fingerprint density at radius 3 is 2.78 bits per heavy atom. The number of amides is 2. The van der Waals surface area contributed by atoms with Gasteiger partial charge in [-0.1, -0.05) is 29.5 Å². The standard InChI is InChI=1S/C23H23FN4O3S/c1-31-18-10-7-15(8-11-18)9-12-20(29)28-13-3-6-19(28)22-26-27-23(32-22)21(30)25-17-5-2-4-16(24)14-17/h2,4-5,7-8,10-11,14,19H,3,6,9,12-13H2,1H3,(H,25,30)/t19-/m0/s1. The van der Waals surface area contributed by atoms with Gasteiger partial charge in [-0.2, -0.15) is 0 Å². The van der Waals surface area contributed by atoms with Crippen molar-refractivity contribution >= 4 is 28.8 Å². The van der Waals surface area contributed by atoms with Crippen molar-refractivity contribution in [3.63, 3.8) is 0 Å². The quantitative estimate of drug-likeness (QED) is 0.577. The molecular formula is C23H23FN4O3S. The van der Waals surface area contributed by atoms with Crippen LogP contribution in [0.25, 0.3) is 0 Å². The number of methoxy groups -OCH3 is 1. The monoisotopic (exact) mass is 454 g/mol. The van der Waals surface area contributed by atoms with Gasteiger partial charge in [-0.25, -0.2) is 4.39 Å². The highest BCUT2D eigenvalue weighted by Crippen LogP contribution is 2.34. The predicted molar refractivity (Wildman–Crippen MR) is 119 cm³/mol. The van der Waals surface area contributed by atoms with Crippen molar-refractivity contribution in [2.75, 3.05) is 19.0 Å². The first-order valence-corrected chi connectivity index (χ1v) is 11.2. The van der Waals surface area contributed by atoms with Gasteiger partial charge in [0.1, 0.15) is 16.6 Å². The molecule has 1 N–H and O–H groups in total. The number of aromatic nitrogens is 2. The molecule has 1 aliphatic rings. The number of carbonyl (C=O) groups excluding carboxylic acids is 2. The second kappa shape index (κ2) is 9.86. The van der Waals surface area contributed by atoms with E-state index >= 15 is 0 Å². The number of hydrogen-bond donors (Lipinski definition) is 1. The number of ether oxygens (including phenoxy) is 1. The molecule has 0 aliphatic carbocycles. The van der Waals surface area contributed by atoms with Gasteiger partial charge in [0, 0.05) is 18.7 Å². The summed E-state index contributed by atoms with van der Waals surface area (Å²) in [6, 6.07) is 13.2. The Balaban J connectivity index is 1.38. The molecule has 0 bridgehead atoms. The summed E-state index contributed by atoms with van der Waals surface area (Å²) in [7, 11) is 1.62. The lowest BCUT2D eigenvalue weighted by atomic mass is 10.1. The summed E-state index contributed by atoms with van der Waals surface area (Å²) in [5.41, 5.74) is 1.42. The zero-order valence-corrected chi connectivity index (χ0v) is 18.4. The summed E-state index contributed by atoms with van der Waals surface area (Å²) in [5.74, 6) is -0.0392. The summed E-state index contributed by atoms with van der Waals surface area (Å²) in [5, 5.41) is 11.6. The largest absolute Gasteiger partial charge is 0.497 e. The maximum Gasteiger partial charge on any atom is 0.286 e. The molecule has 166 valence electrons. The molecule has 2 aromatic carbocycles. The summed E-state index contributed by atoms with van der Waals surface area (Å²) in [6.45, 7) is 0.663. The lowest BCUT2D eigenvalue weighted by Gasteiger charge is -2.22. The highest BCUT2D eigenvalue weighted by atomic mass is 32.1. The van der Waals surface area contributed by atoms with E-state index in [2.05, 4.69) is 15.5 Å². The summed E-state index contributed by atoms with van der Waals surface area (Å²) >= 11 is 1.17. The van der Waals surface area contributed by atoms with Gasteiger partial charge in [0.2, 0.25) is 10.9 Å². The van der Waals surface area contributed by atoms with Crippen LogP contribution in [0.4, 0.5) is 10.1 Å². The Morgan fingerprint density at radius 2 is 2.03 bits per heavy atom. The Bertz CT molecular complexity index is 1100. The fourth-order valence-corrected chi connectivity index (χ4v) is 4.61. The van der Waals surface area contributed by atoms with Crippen LogP contribution in [0.3, 0.4) is 0 Å². The zero-order valence-electron chi connectivity index (χ0n) is 17.6. The van der Waals surface area contributed by atoms with Gasteiger partial charge in [-0.3, -0.25) is 9.59 Å². The second-order valence-electron chi connectivity index (χ2n) is 7.50. The van der Waals surface area contributed by atoms with E-state index in [4.69, 9.17) is 4.74 Å². The second-order valence-corrected chi connectivity index (χ2v) is 8.51. The maximum atomic E-state index is 13.3. The molecule has 7 nitrogen and oxygen atoms in total. The van der Waals surface area contributed by atoms with Crippen LogP contribution in [0.2, 0.25) is 0 Å². The van der Waals surface area contributed by atoms with E-state index in [0.717, 1.165) is 24.2 Å². The van der Waals surface area contributed by atoms with Crippen molar-refractivity contribution in [2.24, 2.45) is 0 Å². The molecule has 9 heteroatoms. The van der Waals surface area contributed by atoms with E-state index in [1.165, 1.54) is 29.5 Å². The first-order valence-electron chi connectivity index (χ1n) is 10.4. The number of rotatable bonds is 7. The number of nitrogens with one attached hydrogen (secondary N) is 1. The van der Waals surface area contributed by atoms with Gasteiger partial charge in [-0.15, -0.1) is 10.2 Å². The number of likely N-dealkylation sites (tertiary alicyclic amines) is 1. The topological polar surface area (TPSA) is 84.4 Å². The minimum Gasteiger partial charge on any atom is -0.497 e. The van der Waals surface area contributed by atoms with Crippen LogP contribution in [-0.4, -0.2) is 40.6 Å². The number of anilines is 1. The Kier molecular flexibility index (Phi) is 6.75. The van der Waals surface area contributed by atoms with Crippen molar-refractivity contribution in [3.8, 4) is 5.75 Å². The molecule has 1 fully saturated rings. The fraction of sp³-hybridized carbons (Fsp3) is 0.304. The summed E-state index contributed by atoms with van der Waals surface area (Å²) < 4.78 is 18.5. The lowest BCUT2D eigenvalue weighted by molar-refractivity contribution is -0.132. The van der Waals surface area contributed by atoms with Gasteiger partial charge in [0.05, 0.1) is 13.2 Å². The average molecular weight is 455 g/mol. The molecule has 1 atom stereocenters. The molecule has 4 rings (SSSR count). The molecule has 0 radical (unpaired) electrons. The lowest BCUT2D eigenvalue weighted by Crippen LogP contribution is -2.30. The third kappa shape index (κ3) is 5.11. The normalized spacial score (nSPS) is 15.6. The van der Waals surface area contributed by atoms with Gasteiger partial charge in [0.15, 0.2) is 0 Å². The Hall–Kier alpha value is -3.33. The number of hydrogen-bond acceptors (Lipinski definition) is 6. The first-order chi connectivity index (χ1) is 15.5. The van der Waals surface area contributed by atoms with Crippen LogP contribution in [0.15, 0.2) is 48.5 Å². The molecule has 2 heterocycles. The van der Waals surface area contributed by atoms with Crippen molar-refractivity contribution in [1.82, 2.24) is 15.1 Å². The number of aryl methyl sites for hydroxylation is 1. The molecule has 0 unspecified atom stereocenters. The predicted octanol–water partition coefficient (Wildman–Crippen LogP) is 4.23. The minimum absolute atomic E-state index is 0.0595. The molecule has 3 aromatic rings.